The van der Waals surface area contributed by atoms with Gasteiger partial charge in [0.05, 0.1) is 12.4 Å². The number of anilines is 2. The van der Waals surface area contributed by atoms with Gasteiger partial charge in [-0.25, -0.2) is 0 Å². The Hall–Kier alpha value is -5.02. The second kappa shape index (κ2) is 14.0. The summed E-state index contributed by atoms with van der Waals surface area (Å²) in [6.45, 7) is 3.77. The Morgan fingerprint density at radius 2 is 1.57 bits per heavy atom. The van der Waals surface area contributed by atoms with Crippen LogP contribution in [0.1, 0.15) is 28.4 Å². The highest BCUT2D eigenvalue weighted by Crippen LogP contribution is 2.28. The summed E-state index contributed by atoms with van der Waals surface area (Å²) in [5.41, 5.74) is 3.09. The number of hydrogen-bond acceptors (Lipinski definition) is 6. The standard InChI is InChI=1S/C33H31N3O5S/c1-21-9-7-12-25(17-21)34-31(38)22(2)42-28-14-8-13-26(19-28)35-33(40)29(36-32(39)23-10-5-4-6-11-23)18-24-15-16-27(37)20-30(24)41-3/h4-20,22,37H,1-3H3,(H,34,38)(H,35,40)(H,36,39)/b29-18+. The third-order valence-corrected chi connectivity index (χ3v) is 7.20. The van der Waals surface area contributed by atoms with Crippen LogP contribution in [0.5, 0.6) is 11.5 Å². The van der Waals surface area contributed by atoms with Gasteiger partial charge in [0.15, 0.2) is 0 Å². The molecule has 42 heavy (non-hydrogen) atoms. The van der Waals surface area contributed by atoms with Crippen molar-refractivity contribution in [3.63, 3.8) is 0 Å². The molecule has 4 N–H and O–H groups in total. The van der Waals surface area contributed by atoms with Gasteiger partial charge in [-0.1, -0.05) is 36.4 Å². The number of nitrogens with one attached hydrogen (secondary N) is 3. The first-order chi connectivity index (χ1) is 20.2. The van der Waals surface area contributed by atoms with Crippen molar-refractivity contribution >= 4 is 46.9 Å². The lowest BCUT2D eigenvalue weighted by atomic mass is 10.1. The van der Waals surface area contributed by atoms with E-state index in [0.717, 1.165) is 16.1 Å². The Bertz CT molecular complexity index is 1620. The fourth-order valence-corrected chi connectivity index (χ4v) is 4.91. The number of benzene rings is 4. The van der Waals surface area contributed by atoms with Crippen molar-refractivity contribution in [3.05, 3.63) is 119 Å². The second-order valence-electron chi connectivity index (χ2n) is 9.41. The number of carbonyl (C=O) groups is 3. The molecule has 0 aromatic heterocycles. The summed E-state index contributed by atoms with van der Waals surface area (Å²) >= 11 is 1.35. The zero-order chi connectivity index (χ0) is 30.1. The van der Waals surface area contributed by atoms with Crippen LogP contribution in [0.4, 0.5) is 11.4 Å². The molecule has 8 nitrogen and oxygen atoms in total. The van der Waals surface area contributed by atoms with Crippen LogP contribution < -0.4 is 20.7 Å². The molecule has 0 heterocycles. The summed E-state index contributed by atoms with van der Waals surface area (Å²) in [6.07, 6.45) is 1.48. The van der Waals surface area contributed by atoms with Crippen molar-refractivity contribution in [3.8, 4) is 11.5 Å². The van der Waals surface area contributed by atoms with Crippen LogP contribution >= 0.6 is 11.8 Å². The summed E-state index contributed by atoms with van der Waals surface area (Å²) in [5, 5.41) is 17.9. The molecule has 1 unspecified atom stereocenters. The van der Waals surface area contributed by atoms with Gasteiger partial charge in [0.25, 0.3) is 11.8 Å². The number of hydrogen-bond donors (Lipinski definition) is 4. The Morgan fingerprint density at radius 3 is 2.29 bits per heavy atom. The molecule has 3 amide bonds. The molecule has 9 heteroatoms. The Labute approximate surface area is 248 Å². The summed E-state index contributed by atoms with van der Waals surface area (Å²) in [7, 11) is 1.44. The molecule has 0 saturated heterocycles. The van der Waals surface area contributed by atoms with Gasteiger partial charge >= 0.3 is 0 Å². The lowest BCUT2D eigenvalue weighted by molar-refractivity contribution is -0.115. The molecule has 4 rings (SSSR count). The van der Waals surface area contributed by atoms with Crippen molar-refractivity contribution in [2.45, 2.75) is 24.0 Å². The van der Waals surface area contributed by atoms with Crippen molar-refractivity contribution in [1.82, 2.24) is 5.32 Å². The molecular weight excluding hydrogens is 550 g/mol. The van der Waals surface area contributed by atoms with Gasteiger partial charge < -0.3 is 25.8 Å². The van der Waals surface area contributed by atoms with E-state index >= 15 is 0 Å². The van der Waals surface area contributed by atoms with Gasteiger partial charge in [-0.15, -0.1) is 11.8 Å². The number of amides is 3. The van der Waals surface area contributed by atoms with Gasteiger partial charge in [0, 0.05) is 33.5 Å². The first-order valence-corrected chi connectivity index (χ1v) is 14.0. The molecule has 0 aliphatic heterocycles. The van der Waals surface area contributed by atoms with Gasteiger partial charge in [0.1, 0.15) is 17.2 Å². The van der Waals surface area contributed by atoms with E-state index in [1.807, 2.05) is 44.2 Å². The van der Waals surface area contributed by atoms with Crippen LogP contribution in [0.2, 0.25) is 0 Å². The highest BCUT2D eigenvalue weighted by molar-refractivity contribution is 8.00. The van der Waals surface area contributed by atoms with Crippen LogP contribution in [0, 0.1) is 6.92 Å². The minimum absolute atomic E-state index is 0.000528. The van der Waals surface area contributed by atoms with E-state index in [-0.39, 0.29) is 17.4 Å². The summed E-state index contributed by atoms with van der Waals surface area (Å²) < 4.78 is 5.35. The fraction of sp³-hybridized carbons (Fsp3) is 0.121. The topological polar surface area (TPSA) is 117 Å². The van der Waals surface area contributed by atoms with Crippen LogP contribution in [0.3, 0.4) is 0 Å². The van der Waals surface area contributed by atoms with Crippen LogP contribution in [-0.4, -0.2) is 35.2 Å². The molecule has 0 spiro atoms. The highest BCUT2D eigenvalue weighted by atomic mass is 32.2. The van der Waals surface area contributed by atoms with Gasteiger partial charge in [-0.2, -0.15) is 0 Å². The van der Waals surface area contributed by atoms with E-state index in [1.165, 1.54) is 37.1 Å². The predicted octanol–water partition coefficient (Wildman–Crippen LogP) is 6.24. The quantitative estimate of drug-likeness (QED) is 0.130. The fourth-order valence-electron chi connectivity index (χ4n) is 3.99. The van der Waals surface area contributed by atoms with Gasteiger partial charge in [-0.3, -0.25) is 14.4 Å². The number of ether oxygens (including phenoxy) is 1. The number of phenolic OH excluding ortho intramolecular Hbond substituents is 1. The molecule has 0 saturated carbocycles. The predicted molar refractivity (Wildman–Crippen MR) is 167 cm³/mol. The number of thioether (sulfide) groups is 1. The largest absolute Gasteiger partial charge is 0.508 e. The maximum Gasteiger partial charge on any atom is 0.272 e. The van der Waals surface area contributed by atoms with E-state index in [4.69, 9.17) is 4.74 Å². The van der Waals surface area contributed by atoms with E-state index < -0.39 is 17.1 Å². The first kappa shape index (κ1) is 30.0. The maximum absolute atomic E-state index is 13.5. The number of aromatic hydroxyl groups is 1. The van der Waals surface area contributed by atoms with E-state index in [9.17, 15) is 19.5 Å². The highest BCUT2D eigenvalue weighted by Gasteiger charge is 2.18. The summed E-state index contributed by atoms with van der Waals surface area (Å²) in [6, 6.07) is 27.7. The average Bonchev–Trinajstić information content (AvgIpc) is 2.98. The molecule has 4 aromatic carbocycles. The number of carbonyl (C=O) groups excluding carboxylic acids is 3. The van der Waals surface area contributed by atoms with Crippen LogP contribution in [0.25, 0.3) is 6.08 Å². The van der Waals surface area contributed by atoms with Crippen LogP contribution in [-0.2, 0) is 9.59 Å². The molecule has 214 valence electrons. The first-order valence-electron chi connectivity index (χ1n) is 13.1. The molecular formula is C33H31N3O5S. The van der Waals surface area contributed by atoms with Crippen molar-refractivity contribution in [2.75, 3.05) is 17.7 Å². The monoisotopic (exact) mass is 581 g/mol. The lowest BCUT2D eigenvalue weighted by Crippen LogP contribution is -2.30. The van der Waals surface area contributed by atoms with E-state index in [2.05, 4.69) is 16.0 Å². The van der Waals surface area contributed by atoms with Crippen molar-refractivity contribution in [2.24, 2.45) is 0 Å². The van der Waals surface area contributed by atoms with Gasteiger partial charge in [0.2, 0.25) is 5.91 Å². The van der Waals surface area contributed by atoms with Crippen molar-refractivity contribution in [1.29, 1.82) is 0 Å². The minimum atomic E-state index is -0.568. The summed E-state index contributed by atoms with van der Waals surface area (Å²) in [5.74, 6) is -0.851. The number of phenols is 1. The zero-order valence-corrected chi connectivity index (χ0v) is 24.2. The molecule has 0 fully saturated rings. The number of methoxy groups -OCH3 is 1. The smallest absolute Gasteiger partial charge is 0.272 e. The number of aryl methyl sites for hydroxylation is 1. The Kier molecular flexibility index (Phi) is 10.0. The third-order valence-electron chi connectivity index (χ3n) is 6.11. The molecule has 0 radical (unpaired) electrons. The van der Waals surface area contributed by atoms with Crippen molar-refractivity contribution < 1.29 is 24.2 Å². The Morgan fingerprint density at radius 1 is 0.857 bits per heavy atom. The molecule has 1 atom stereocenters. The maximum atomic E-state index is 13.5. The van der Waals surface area contributed by atoms with Crippen LogP contribution in [0.15, 0.2) is 108 Å². The molecule has 0 bridgehead atoms. The molecule has 0 aliphatic rings. The SMILES string of the molecule is COc1cc(O)ccc1/C=C(/NC(=O)c1ccccc1)C(=O)Nc1cccc(SC(C)C(=O)Nc2cccc(C)c2)c1. The normalized spacial score (nSPS) is 11.7. The third kappa shape index (κ3) is 8.25. The lowest BCUT2D eigenvalue weighted by Gasteiger charge is -2.15. The number of rotatable bonds is 10. The molecule has 4 aromatic rings. The molecule has 0 aliphatic carbocycles. The van der Waals surface area contributed by atoms with E-state index in [0.29, 0.717) is 22.6 Å². The average molecular weight is 582 g/mol. The minimum Gasteiger partial charge on any atom is -0.508 e. The van der Waals surface area contributed by atoms with Gasteiger partial charge in [-0.05, 0) is 80.1 Å². The van der Waals surface area contributed by atoms with E-state index in [1.54, 1.807) is 54.6 Å². The Balaban J connectivity index is 1.52. The zero-order valence-electron chi connectivity index (χ0n) is 23.4. The second-order valence-corrected chi connectivity index (χ2v) is 10.8. The summed E-state index contributed by atoms with van der Waals surface area (Å²) in [4.78, 5) is 40.0.